The number of aliphatic hydroxyl groups excluding tert-OH is 1. The standard InChI is InChI=1S/C20H30N4O4/c21-15-5-3-13(4-6-15)20(27)24-8-7-16(14(10-24)11-25)22-19(26)17-9-18(28-23-17)12-1-2-12/h9,12-16,25H,1-8,10-11,21H2,(H,22,26)/t13-,14-,15-,16+/m1/s1. The Kier molecular flexibility index (Phi) is 5.68. The Morgan fingerprint density at radius 2 is 1.96 bits per heavy atom. The Hall–Kier alpha value is -1.93. The number of hydrogen-bond acceptors (Lipinski definition) is 6. The average Bonchev–Trinajstić information content (AvgIpc) is 3.44. The van der Waals surface area contributed by atoms with Crippen molar-refractivity contribution in [2.24, 2.45) is 17.6 Å². The minimum absolute atomic E-state index is 0.0428. The highest BCUT2D eigenvalue weighted by atomic mass is 16.5. The molecule has 1 aromatic heterocycles. The smallest absolute Gasteiger partial charge is 0.273 e. The Labute approximate surface area is 164 Å². The summed E-state index contributed by atoms with van der Waals surface area (Å²) in [6, 6.07) is 1.75. The third-order valence-corrected chi connectivity index (χ3v) is 6.46. The predicted molar refractivity (Wildman–Crippen MR) is 101 cm³/mol. The molecule has 2 atom stereocenters. The van der Waals surface area contributed by atoms with Crippen molar-refractivity contribution in [1.82, 2.24) is 15.4 Å². The Morgan fingerprint density at radius 1 is 1.21 bits per heavy atom. The van der Waals surface area contributed by atoms with Gasteiger partial charge in [-0.05, 0) is 44.9 Å². The van der Waals surface area contributed by atoms with Crippen molar-refractivity contribution in [2.75, 3.05) is 19.7 Å². The highest BCUT2D eigenvalue weighted by Gasteiger charge is 2.36. The minimum atomic E-state index is -0.278. The molecule has 154 valence electrons. The number of nitrogens with zero attached hydrogens (tertiary/aromatic N) is 2. The van der Waals surface area contributed by atoms with Gasteiger partial charge >= 0.3 is 0 Å². The van der Waals surface area contributed by atoms with Gasteiger partial charge in [0.2, 0.25) is 5.91 Å². The number of amides is 2. The van der Waals surface area contributed by atoms with Crippen molar-refractivity contribution in [2.45, 2.75) is 62.9 Å². The fourth-order valence-corrected chi connectivity index (χ4v) is 4.43. The van der Waals surface area contributed by atoms with E-state index in [1.165, 1.54) is 0 Å². The first-order valence-corrected chi connectivity index (χ1v) is 10.5. The van der Waals surface area contributed by atoms with Crippen LogP contribution >= 0.6 is 0 Å². The normalized spacial score (nSPS) is 30.9. The third-order valence-electron chi connectivity index (χ3n) is 6.46. The molecule has 0 aromatic carbocycles. The highest BCUT2D eigenvalue weighted by molar-refractivity contribution is 5.92. The van der Waals surface area contributed by atoms with Gasteiger partial charge in [-0.15, -0.1) is 0 Å². The van der Waals surface area contributed by atoms with Crippen molar-refractivity contribution in [1.29, 1.82) is 0 Å². The van der Waals surface area contributed by atoms with E-state index in [9.17, 15) is 14.7 Å². The van der Waals surface area contributed by atoms with Crippen molar-refractivity contribution >= 4 is 11.8 Å². The maximum absolute atomic E-state index is 12.8. The van der Waals surface area contributed by atoms with Crippen molar-refractivity contribution in [3.05, 3.63) is 17.5 Å². The first-order valence-electron chi connectivity index (χ1n) is 10.5. The van der Waals surface area contributed by atoms with Crippen LogP contribution in [-0.4, -0.2) is 58.8 Å². The second-order valence-corrected chi connectivity index (χ2v) is 8.60. The second kappa shape index (κ2) is 8.21. The predicted octanol–water partition coefficient (Wildman–Crippen LogP) is 1.01. The van der Waals surface area contributed by atoms with Crippen LogP contribution in [0.4, 0.5) is 0 Å². The summed E-state index contributed by atoms with van der Waals surface area (Å²) in [6.45, 7) is 0.986. The Balaban J connectivity index is 1.32. The molecule has 3 aliphatic rings. The van der Waals surface area contributed by atoms with E-state index in [2.05, 4.69) is 10.5 Å². The minimum Gasteiger partial charge on any atom is -0.396 e. The van der Waals surface area contributed by atoms with Gasteiger partial charge in [0.1, 0.15) is 5.76 Å². The number of hydrogen-bond donors (Lipinski definition) is 3. The summed E-state index contributed by atoms with van der Waals surface area (Å²) in [7, 11) is 0. The molecule has 0 spiro atoms. The first kappa shape index (κ1) is 19.4. The van der Waals surface area contributed by atoms with Crippen molar-refractivity contribution < 1.29 is 19.2 Å². The van der Waals surface area contributed by atoms with Crippen LogP contribution in [0.1, 0.15) is 67.1 Å². The first-order chi connectivity index (χ1) is 13.5. The zero-order valence-electron chi connectivity index (χ0n) is 16.2. The maximum Gasteiger partial charge on any atom is 0.273 e. The molecule has 2 amide bonds. The lowest BCUT2D eigenvalue weighted by atomic mass is 9.84. The van der Waals surface area contributed by atoms with E-state index in [1.54, 1.807) is 6.07 Å². The van der Waals surface area contributed by atoms with Crippen LogP contribution in [0.3, 0.4) is 0 Å². The molecule has 4 rings (SSSR count). The highest BCUT2D eigenvalue weighted by Crippen LogP contribution is 2.40. The summed E-state index contributed by atoms with van der Waals surface area (Å²) in [6.07, 6.45) is 6.28. The Bertz CT molecular complexity index is 709. The number of likely N-dealkylation sites (tertiary alicyclic amines) is 1. The quantitative estimate of drug-likeness (QED) is 0.690. The summed E-state index contributed by atoms with van der Waals surface area (Å²) >= 11 is 0. The molecule has 2 heterocycles. The molecule has 2 saturated carbocycles. The average molecular weight is 390 g/mol. The van der Waals surface area contributed by atoms with E-state index in [1.807, 2.05) is 4.90 Å². The van der Waals surface area contributed by atoms with Gasteiger partial charge in [-0.25, -0.2) is 0 Å². The number of carbonyl (C=O) groups excluding carboxylic acids is 2. The number of nitrogens with two attached hydrogens (primary N) is 1. The molecule has 0 radical (unpaired) electrons. The van der Waals surface area contributed by atoms with E-state index >= 15 is 0 Å². The molecular weight excluding hydrogens is 360 g/mol. The number of nitrogens with one attached hydrogen (secondary N) is 1. The van der Waals surface area contributed by atoms with E-state index in [0.29, 0.717) is 25.4 Å². The number of piperidine rings is 1. The van der Waals surface area contributed by atoms with Crippen molar-refractivity contribution in [3.8, 4) is 0 Å². The van der Waals surface area contributed by atoms with Gasteiger partial charge in [0.25, 0.3) is 5.91 Å². The fraction of sp³-hybridized carbons (Fsp3) is 0.750. The van der Waals surface area contributed by atoms with Gasteiger partial charge in [-0.1, -0.05) is 5.16 Å². The topological polar surface area (TPSA) is 122 Å². The molecule has 1 saturated heterocycles. The van der Waals surface area contributed by atoms with Crippen LogP contribution in [0.5, 0.6) is 0 Å². The molecule has 1 aromatic rings. The summed E-state index contributed by atoms with van der Waals surface area (Å²) in [5.74, 6) is 0.934. The second-order valence-electron chi connectivity index (χ2n) is 8.60. The summed E-state index contributed by atoms with van der Waals surface area (Å²) < 4.78 is 5.25. The molecule has 8 heteroatoms. The summed E-state index contributed by atoms with van der Waals surface area (Å²) in [4.78, 5) is 27.2. The molecule has 8 nitrogen and oxygen atoms in total. The lowest BCUT2D eigenvalue weighted by Crippen LogP contribution is -2.54. The van der Waals surface area contributed by atoms with E-state index < -0.39 is 0 Å². The molecular formula is C20H30N4O4. The van der Waals surface area contributed by atoms with E-state index in [4.69, 9.17) is 10.3 Å². The maximum atomic E-state index is 12.8. The van der Waals surface area contributed by atoms with Gasteiger partial charge in [-0.2, -0.15) is 0 Å². The van der Waals surface area contributed by atoms with Crippen LogP contribution in [-0.2, 0) is 4.79 Å². The van der Waals surface area contributed by atoms with Crippen molar-refractivity contribution in [3.63, 3.8) is 0 Å². The molecule has 1 aliphatic heterocycles. The van der Waals surface area contributed by atoms with E-state index in [0.717, 1.165) is 44.3 Å². The van der Waals surface area contributed by atoms with E-state index in [-0.39, 0.29) is 48.0 Å². The number of carbonyl (C=O) groups is 2. The largest absolute Gasteiger partial charge is 0.396 e. The number of aliphatic hydroxyl groups is 1. The van der Waals surface area contributed by atoms with Crippen LogP contribution in [0.25, 0.3) is 0 Å². The van der Waals surface area contributed by atoms with Gasteiger partial charge < -0.3 is 25.6 Å². The van der Waals surface area contributed by atoms with Crippen LogP contribution in [0.15, 0.2) is 10.6 Å². The van der Waals surface area contributed by atoms with Gasteiger partial charge in [0, 0.05) is 55.6 Å². The van der Waals surface area contributed by atoms with Crippen LogP contribution < -0.4 is 11.1 Å². The molecule has 2 aliphatic carbocycles. The van der Waals surface area contributed by atoms with Gasteiger partial charge in [0.05, 0.1) is 0 Å². The van der Waals surface area contributed by atoms with Crippen LogP contribution in [0, 0.1) is 11.8 Å². The monoisotopic (exact) mass is 390 g/mol. The molecule has 3 fully saturated rings. The lowest BCUT2D eigenvalue weighted by molar-refractivity contribution is -0.139. The molecule has 0 bridgehead atoms. The lowest BCUT2D eigenvalue weighted by Gasteiger charge is -2.40. The fourth-order valence-electron chi connectivity index (χ4n) is 4.43. The van der Waals surface area contributed by atoms with Crippen LogP contribution in [0.2, 0.25) is 0 Å². The van der Waals surface area contributed by atoms with Gasteiger partial charge in [-0.3, -0.25) is 9.59 Å². The SMILES string of the molecule is N[C@H]1CC[C@H](C(=O)N2CC[C@H](NC(=O)c3cc(C4CC4)on3)[C@@H](CO)C2)CC1. The summed E-state index contributed by atoms with van der Waals surface area (Å²) in [5.41, 5.74) is 6.23. The zero-order chi connectivity index (χ0) is 19.7. The third kappa shape index (κ3) is 4.22. The summed E-state index contributed by atoms with van der Waals surface area (Å²) in [5, 5.41) is 16.7. The molecule has 28 heavy (non-hydrogen) atoms. The molecule has 4 N–H and O–H groups in total. The number of aromatic nitrogens is 1. The molecule has 0 unspecified atom stereocenters. The number of rotatable bonds is 5. The Morgan fingerprint density at radius 3 is 2.64 bits per heavy atom. The zero-order valence-corrected chi connectivity index (χ0v) is 16.2. The van der Waals surface area contributed by atoms with Gasteiger partial charge in [0.15, 0.2) is 5.69 Å².